The lowest BCUT2D eigenvalue weighted by Gasteiger charge is -2.33. The van der Waals surface area contributed by atoms with E-state index in [0.29, 0.717) is 12.4 Å². The zero-order valence-electron chi connectivity index (χ0n) is 15.1. The number of nitrogens with zero attached hydrogens (tertiary/aromatic N) is 3. The van der Waals surface area contributed by atoms with Crippen molar-refractivity contribution in [2.45, 2.75) is 32.6 Å². The molecule has 1 amide bonds. The van der Waals surface area contributed by atoms with Crippen molar-refractivity contribution in [1.82, 2.24) is 15.3 Å². The van der Waals surface area contributed by atoms with Crippen molar-refractivity contribution in [2.24, 2.45) is 5.92 Å². The molecule has 26 heavy (non-hydrogen) atoms. The lowest BCUT2D eigenvalue weighted by Crippen LogP contribution is -2.43. The molecule has 1 aromatic carbocycles. The number of unbranched alkanes of at least 4 members (excludes halogenated alkanes) is 1. The second-order valence-electron chi connectivity index (χ2n) is 6.68. The average Bonchev–Trinajstić information content (AvgIpc) is 2.69. The number of carbonyl (C=O) groups excluding carboxylic acids is 1. The second kappa shape index (κ2) is 8.74. The van der Waals surface area contributed by atoms with E-state index in [-0.39, 0.29) is 17.6 Å². The average molecular weight is 356 g/mol. The van der Waals surface area contributed by atoms with Gasteiger partial charge < -0.3 is 10.2 Å². The van der Waals surface area contributed by atoms with Crippen molar-refractivity contribution in [3.8, 4) is 11.4 Å². The third-order valence-electron chi connectivity index (χ3n) is 4.69. The molecule has 5 nitrogen and oxygen atoms in total. The standard InChI is InChI=1S/C20H25FN4O/c1-2-3-11-23-20(26)16-5-4-13-25(14-16)18-10-12-22-19(24-18)15-6-8-17(21)9-7-15/h6-10,12,16H,2-5,11,13-14H2,1H3,(H,23,26). The Morgan fingerprint density at radius 3 is 2.88 bits per heavy atom. The SMILES string of the molecule is CCCCNC(=O)C1CCCN(c2ccnc(-c3ccc(F)cc3)n2)C1. The number of benzene rings is 1. The van der Waals surface area contributed by atoms with Crippen LogP contribution >= 0.6 is 0 Å². The number of carbonyl (C=O) groups is 1. The van der Waals surface area contributed by atoms with E-state index in [1.165, 1.54) is 12.1 Å². The predicted octanol–water partition coefficient (Wildman–Crippen LogP) is 3.42. The molecule has 0 bridgehead atoms. The highest BCUT2D eigenvalue weighted by Crippen LogP contribution is 2.24. The van der Waals surface area contributed by atoms with Gasteiger partial charge in [-0.1, -0.05) is 13.3 Å². The Morgan fingerprint density at radius 2 is 2.12 bits per heavy atom. The van der Waals surface area contributed by atoms with Crippen LogP contribution in [0.5, 0.6) is 0 Å². The molecule has 0 radical (unpaired) electrons. The molecule has 1 aromatic heterocycles. The molecule has 3 rings (SSSR count). The molecule has 1 fully saturated rings. The van der Waals surface area contributed by atoms with Gasteiger partial charge in [-0.2, -0.15) is 0 Å². The number of hydrogen-bond donors (Lipinski definition) is 1. The number of aromatic nitrogens is 2. The number of rotatable bonds is 6. The van der Waals surface area contributed by atoms with Crippen molar-refractivity contribution in [3.05, 3.63) is 42.3 Å². The molecule has 0 aliphatic carbocycles. The molecular formula is C20H25FN4O. The van der Waals surface area contributed by atoms with Gasteiger partial charge in [-0.05, 0) is 49.6 Å². The molecule has 0 spiro atoms. The first-order valence-electron chi connectivity index (χ1n) is 9.29. The number of piperidine rings is 1. The van der Waals surface area contributed by atoms with E-state index in [1.54, 1.807) is 18.3 Å². The molecule has 1 saturated heterocycles. The van der Waals surface area contributed by atoms with Gasteiger partial charge in [0.15, 0.2) is 5.82 Å². The molecular weight excluding hydrogens is 331 g/mol. The molecule has 0 saturated carbocycles. The third-order valence-corrected chi connectivity index (χ3v) is 4.69. The lowest BCUT2D eigenvalue weighted by atomic mass is 9.97. The first-order chi connectivity index (χ1) is 12.7. The lowest BCUT2D eigenvalue weighted by molar-refractivity contribution is -0.125. The molecule has 1 unspecified atom stereocenters. The Balaban J connectivity index is 1.69. The van der Waals surface area contributed by atoms with Crippen molar-refractivity contribution in [1.29, 1.82) is 0 Å². The van der Waals surface area contributed by atoms with E-state index in [4.69, 9.17) is 0 Å². The summed E-state index contributed by atoms with van der Waals surface area (Å²) in [6.07, 6.45) is 5.66. The Labute approximate surface area is 153 Å². The van der Waals surface area contributed by atoms with E-state index in [0.717, 1.165) is 50.2 Å². The van der Waals surface area contributed by atoms with Crippen molar-refractivity contribution in [2.75, 3.05) is 24.5 Å². The zero-order valence-corrected chi connectivity index (χ0v) is 15.1. The van der Waals surface area contributed by atoms with Gasteiger partial charge in [0.1, 0.15) is 11.6 Å². The van der Waals surface area contributed by atoms with Gasteiger partial charge in [-0.15, -0.1) is 0 Å². The predicted molar refractivity (Wildman–Crippen MR) is 100 cm³/mol. The number of anilines is 1. The number of hydrogen-bond acceptors (Lipinski definition) is 4. The van der Waals surface area contributed by atoms with Crippen molar-refractivity contribution in [3.63, 3.8) is 0 Å². The van der Waals surface area contributed by atoms with Crippen LogP contribution in [0.4, 0.5) is 10.2 Å². The Bertz CT molecular complexity index is 735. The minimum Gasteiger partial charge on any atom is -0.356 e. The van der Waals surface area contributed by atoms with Gasteiger partial charge in [0.05, 0.1) is 5.92 Å². The Morgan fingerprint density at radius 1 is 1.31 bits per heavy atom. The summed E-state index contributed by atoms with van der Waals surface area (Å²) < 4.78 is 13.1. The highest BCUT2D eigenvalue weighted by molar-refractivity contribution is 5.79. The summed E-state index contributed by atoms with van der Waals surface area (Å²) in [7, 11) is 0. The maximum absolute atomic E-state index is 13.1. The van der Waals surface area contributed by atoms with Crippen LogP contribution in [0, 0.1) is 11.7 Å². The highest BCUT2D eigenvalue weighted by atomic mass is 19.1. The van der Waals surface area contributed by atoms with Crippen LogP contribution in [0.25, 0.3) is 11.4 Å². The summed E-state index contributed by atoms with van der Waals surface area (Å²) in [6, 6.07) is 8.03. The van der Waals surface area contributed by atoms with E-state index >= 15 is 0 Å². The summed E-state index contributed by atoms with van der Waals surface area (Å²) >= 11 is 0. The van der Waals surface area contributed by atoms with Crippen LogP contribution in [-0.4, -0.2) is 35.5 Å². The van der Waals surface area contributed by atoms with Gasteiger partial charge in [0.25, 0.3) is 0 Å². The van der Waals surface area contributed by atoms with Crippen LogP contribution in [0.15, 0.2) is 36.5 Å². The first-order valence-corrected chi connectivity index (χ1v) is 9.29. The highest BCUT2D eigenvalue weighted by Gasteiger charge is 2.26. The summed E-state index contributed by atoms with van der Waals surface area (Å²) in [5.41, 5.74) is 0.777. The second-order valence-corrected chi connectivity index (χ2v) is 6.68. The molecule has 1 aliphatic heterocycles. The topological polar surface area (TPSA) is 58.1 Å². The maximum Gasteiger partial charge on any atom is 0.224 e. The van der Waals surface area contributed by atoms with Crippen LogP contribution in [0.2, 0.25) is 0 Å². The fraction of sp³-hybridized carbons (Fsp3) is 0.450. The molecule has 1 atom stereocenters. The quantitative estimate of drug-likeness (QED) is 0.806. The van der Waals surface area contributed by atoms with Gasteiger partial charge in [-0.3, -0.25) is 4.79 Å². The van der Waals surface area contributed by atoms with Gasteiger partial charge in [-0.25, -0.2) is 14.4 Å². The summed E-state index contributed by atoms with van der Waals surface area (Å²) in [4.78, 5) is 23.4. The minimum absolute atomic E-state index is 0.00941. The third kappa shape index (κ3) is 4.56. The first kappa shape index (κ1) is 18.3. The van der Waals surface area contributed by atoms with Crippen LogP contribution in [0.1, 0.15) is 32.6 Å². The van der Waals surface area contributed by atoms with E-state index in [2.05, 4.69) is 27.1 Å². The molecule has 1 N–H and O–H groups in total. The smallest absolute Gasteiger partial charge is 0.224 e. The number of halogens is 1. The van der Waals surface area contributed by atoms with Crippen molar-refractivity contribution >= 4 is 11.7 Å². The van der Waals surface area contributed by atoms with Gasteiger partial charge >= 0.3 is 0 Å². The van der Waals surface area contributed by atoms with Crippen LogP contribution < -0.4 is 10.2 Å². The summed E-state index contributed by atoms with van der Waals surface area (Å²) in [5.74, 6) is 1.22. The van der Waals surface area contributed by atoms with Gasteiger partial charge in [0, 0.05) is 31.4 Å². The molecule has 2 heterocycles. The zero-order chi connectivity index (χ0) is 18.4. The Kier molecular flexibility index (Phi) is 6.15. The van der Waals surface area contributed by atoms with Crippen molar-refractivity contribution < 1.29 is 9.18 Å². The Hall–Kier alpha value is -2.50. The summed E-state index contributed by atoms with van der Waals surface area (Å²) in [5, 5.41) is 3.03. The summed E-state index contributed by atoms with van der Waals surface area (Å²) in [6.45, 7) is 4.40. The van der Waals surface area contributed by atoms with Crippen LogP contribution in [-0.2, 0) is 4.79 Å². The van der Waals surface area contributed by atoms with E-state index in [1.807, 2.05) is 6.07 Å². The molecule has 6 heteroatoms. The normalized spacial score (nSPS) is 17.2. The molecule has 2 aromatic rings. The van der Waals surface area contributed by atoms with Gasteiger partial charge in [0.2, 0.25) is 5.91 Å². The molecule has 1 aliphatic rings. The van der Waals surface area contributed by atoms with Crippen LogP contribution in [0.3, 0.4) is 0 Å². The fourth-order valence-corrected chi connectivity index (χ4v) is 3.20. The minimum atomic E-state index is -0.280. The monoisotopic (exact) mass is 356 g/mol. The fourth-order valence-electron chi connectivity index (χ4n) is 3.20. The number of amides is 1. The van der Waals surface area contributed by atoms with E-state index < -0.39 is 0 Å². The molecule has 138 valence electrons. The van der Waals surface area contributed by atoms with E-state index in [9.17, 15) is 9.18 Å². The maximum atomic E-state index is 13.1. The largest absolute Gasteiger partial charge is 0.356 e. The number of nitrogens with one attached hydrogen (secondary N) is 1.